The molecule has 5 heteroatoms. The number of rotatable bonds is 5. The molecule has 1 aliphatic heterocycles. The molecule has 1 amide bonds. The first-order valence-electron chi connectivity index (χ1n) is 11.0. The minimum Gasteiger partial charge on any atom is -0.497 e. The lowest BCUT2D eigenvalue weighted by Gasteiger charge is -2.35. The summed E-state index contributed by atoms with van der Waals surface area (Å²) in [4.78, 5) is 18.9. The van der Waals surface area contributed by atoms with Crippen molar-refractivity contribution in [1.82, 2.24) is 9.88 Å². The zero-order valence-corrected chi connectivity index (χ0v) is 18.7. The Labute approximate surface area is 193 Å². The first-order chi connectivity index (χ1) is 16.2. The van der Waals surface area contributed by atoms with Gasteiger partial charge < -0.3 is 19.4 Å². The Morgan fingerprint density at radius 2 is 1.61 bits per heavy atom. The van der Waals surface area contributed by atoms with Gasteiger partial charge in [0.05, 0.1) is 20.3 Å². The van der Waals surface area contributed by atoms with Crippen molar-refractivity contribution < 1.29 is 14.3 Å². The molecule has 0 bridgehead atoms. The molecule has 33 heavy (non-hydrogen) atoms. The molecule has 3 aromatic carbocycles. The fourth-order valence-corrected chi connectivity index (χ4v) is 4.59. The standard InChI is InChI=1S/C28H26N2O3/c1-32-21-12-7-19(8-13-21)9-16-26(31)30-18-17-24-23-5-3-4-6-25(23)29-27(24)28(30)20-10-14-22(33-2)15-11-20/h3-16,28-29H,17-18H2,1-2H3/b16-9+. The monoisotopic (exact) mass is 438 g/mol. The van der Waals surface area contributed by atoms with Gasteiger partial charge in [0.25, 0.3) is 0 Å². The number of nitrogens with zero attached hydrogens (tertiary/aromatic N) is 1. The van der Waals surface area contributed by atoms with E-state index in [1.54, 1.807) is 20.3 Å². The Kier molecular flexibility index (Phi) is 5.61. The van der Waals surface area contributed by atoms with Gasteiger partial charge in [-0.25, -0.2) is 0 Å². The topological polar surface area (TPSA) is 54.6 Å². The second kappa shape index (κ2) is 8.87. The predicted octanol–water partition coefficient (Wildman–Crippen LogP) is 5.37. The second-order valence-corrected chi connectivity index (χ2v) is 8.13. The summed E-state index contributed by atoms with van der Waals surface area (Å²) < 4.78 is 10.6. The number of aromatic nitrogens is 1. The number of hydrogen-bond donors (Lipinski definition) is 1. The third kappa shape index (κ3) is 3.98. The number of H-pyrrole nitrogens is 1. The predicted molar refractivity (Wildman–Crippen MR) is 131 cm³/mol. The summed E-state index contributed by atoms with van der Waals surface area (Å²) in [6.45, 7) is 0.650. The Morgan fingerprint density at radius 1 is 0.939 bits per heavy atom. The molecule has 1 unspecified atom stereocenters. The largest absolute Gasteiger partial charge is 0.497 e. The van der Waals surface area contributed by atoms with Gasteiger partial charge in [-0.3, -0.25) is 4.79 Å². The molecule has 1 N–H and O–H groups in total. The molecule has 2 heterocycles. The fourth-order valence-electron chi connectivity index (χ4n) is 4.59. The van der Waals surface area contributed by atoms with Crippen LogP contribution in [0.5, 0.6) is 11.5 Å². The molecule has 5 rings (SSSR count). The summed E-state index contributed by atoms with van der Waals surface area (Å²) in [5, 5.41) is 1.23. The maximum Gasteiger partial charge on any atom is 0.247 e. The highest BCUT2D eigenvalue weighted by Crippen LogP contribution is 2.39. The molecule has 1 atom stereocenters. The second-order valence-electron chi connectivity index (χ2n) is 8.13. The molecule has 4 aromatic rings. The molecule has 1 aromatic heterocycles. The van der Waals surface area contributed by atoms with Crippen molar-refractivity contribution in [3.63, 3.8) is 0 Å². The maximum absolute atomic E-state index is 13.4. The number of aromatic amines is 1. The van der Waals surface area contributed by atoms with Crippen LogP contribution in [0.25, 0.3) is 17.0 Å². The fraction of sp³-hybridized carbons (Fsp3) is 0.179. The molecule has 0 aliphatic carbocycles. The van der Waals surface area contributed by atoms with E-state index in [1.807, 2.05) is 65.6 Å². The van der Waals surface area contributed by atoms with Crippen LogP contribution >= 0.6 is 0 Å². The van der Waals surface area contributed by atoms with Crippen molar-refractivity contribution >= 4 is 22.9 Å². The maximum atomic E-state index is 13.4. The van der Waals surface area contributed by atoms with Crippen LogP contribution < -0.4 is 9.47 Å². The number of nitrogens with one attached hydrogen (secondary N) is 1. The summed E-state index contributed by atoms with van der Waals surface area (Å²) in [5.41, 5.74) is 5.47. The van der Waals surface area contributed by atoms with Gasteiger partial charge in [0.2, 0.25) is 5.91 Å². The van der Waals surface area contributed by atoms with Crippen LogP contribution in [0.1, 0.15) is 28.4 Å². The molecular weight excluding hydrogens is 412 g/mol. The van der Waals surface area contributed by atoms with Crippen molar-refractivity contribution in [3.05, 3.63) is 101 Å². The number of fused-ring (bicyclic) bond motifs is 3. The van der Waals surface area contributed by atoms with E-state index in [0.717, 1.165) is 40.3 Å². The lowest BCUT2D eigenvalue weighted by molar-refractivity contribution is -0.128. The molecule has 1 aliphatic rings. The zero-order valence-electron chi connectivity index (χ0n) is 18.7. The minimum atomic E-state index is -0.194. The van der Waals surface area contributed by atoms with E-state index in [0.29, 0.717) is 6.54 Å². The summed E-state index contributed by atoms with van der Waals surface area (Å²) in [6.07, 6.45) is 4.33. The summed E-state index contributed by atoms with van der Waals surface area (Å²) in [6, 6.07) is 23.8. The summed E-state index contributed by atoms with van der Waals surface area (Å²) in [7, 11) is 3.30. The molecule has 0 fully saturated rings. The summed E-state index contributed by atoms with van der Waals surface area (Å²) >= 11 is 0. The number of amides is 1. The Balaban J connectivity index is 1.52. The van der Waals surface area contributed by atoms with Crippen LogP contribution in [0.2, 0.25) is 0 Å². The van der Waals surface area contributed by atoms with Crippen molar-refractivity contribution in [2.45, 2.75) is 12.5 Å². The van der Waals surface area contributed by atoms with Crippen LogP contribution in [0.4, 0.5) is 0 Å². The lowest BCUT2D eigenvalue weighted by atomic mass is 9.92. The highest BCUT2D eigenvalue weighted by atomic mass is 16.5. The smallest absolute Gasteiger partial charge is 0.247 e. The first-order valence-corrected chi connectivity index (χ1v) is 11.0. The number of ether oxygens (including phenoxy) is 2. The van der Waals surface area contributed by atoms with E-state index in [2.05, 4.69) is 23.2 Å². The van der Waals surface area contributed by atoms with Gasteiger partial charge in [0.1, 0.15) is 11.5 Å². The van der Waals surface area contributed by atoms with Gasteiger partial charge in [0, 0.05) is 29.2 Å². The van der Waals surface area contributed by atoms with Crippen molar-refractivity contribution in [3.8, 4) is 11.5 Å². The van der Waals surface area contributed by atoms with Crippen LogP contribution in [0.3, 0.4) is 0 Å². The normalized spacial score (nSPS) is 15.6. The molecule has 0 saturated carbocycles. The van der Waals surface area contributed by atoms with Gasteiger partial charge >= 0.3 is 0 Å². The molecule has 5 nitrogen and oxygen atoms in total. The van der Waals surface area contributed by atoms with E-state index in [9.17, 15) is 4.79 Å². The van der Waals surface area contributed by atoms with Crippen molar-refractivity contribution in [2.24, 2.45) is 0 Å². The highest BCUT2D eigenvalue weighted by molar-refractivity contribution is 5.93. The lowest BCUT2D eigenvalue weighted by Crippen LogP contribution is -2.39. The average molecular weight is 439 g/mol. The van der Waals surface area contributed by atoms with Gasteiger partial charge in [0.15, 0.2) is 0 Å². The van der Waals surface area contributed by atoms with E-state index in [4.69, 9.17) is 9.47 Å². The number of carbonyl (C=O) groups is 1. The number of carbonyl (C=O) groups excluding carboxylic acids is 1. The zero-order chi connectivity index (χ0) is 22.8. The molecule has 0 radical (unpaired) electrons. The van der Waals surface area contributed by atoms with E-state index in [1.165, 1.54) is 10.9 Å². The molecule has 0 spiro atoms. The number of benzene rings is 3. The molecular formula is C28H26N2O3. The first kappa shape index (κ1) is 20.9. The minimum absolute atomic E-state index is 0.0176. The van der Waals surface area contributed by atoms with Crippen molar-refractivity contribution in [1.29, 1.82) is 0 Å². The molecule has 166 valence electrons. The highest BCUT2D eigenvalue weighted by Gasteiger charge is 2.33. The average Bonchev–Trinajstić information content (AvgIpc) is 3.26. The van der Waals surface area contributed by atoms with Gasteiger partial charge in [-0.15, -0.1) is 0 Å². The third-order valence-corrected chi connectivity index (χ3v) is 6.28. The van der Waals surface area contributed by atoms with E-state index in [-0.39, 0.29) is 11.9 Å². The van der Waals surface area contributed by atoms with Gasteiger partial charge in [-0.2, -0.15) is 0 Å². The number of para-hydroxylation sites is 1. The Hall–Kier alpha value is -3.99. The third-order valence-electron chi connectivity index (χ3n) is 6.28. The van der Waals surface area contributed by atoms with Gasteiger partial charge in [-0.1, -0.05) is 42.5 Å². The Morgan fingerprint density at radius 3 is 2.30 bits per heavy atom. The van der Waals surface area contributed by atoms with Crippen LogP contribution in [0, 0.1) is 0 Å². The van der Waals surface area contributed by atoms with Crippen LogP contribution in [-0.2, 0) is 11.2 Å². The molecule has 0 saturated heterocycles. The van der Waals surface area contributed by atoms with E-state index < -0.39 is 0 Å². The number of methoxy groups -OCH3 is 2. The SMILES string of the molecule is COc1ccc(/C=C/C(=O)N2CCc3c([nH]c4ccccc34)C2c2ccc(OC)cc2)cc1. The summed E-state index contributed by atoms with van der Waals surface area (Å²) in [5.74, 6) is 1.57. The van der Waals surface area contributed by atoms with E-state index >= 15 is 0 Å². The number of hydrogen-bond acceptors (Lipinski definition) is 3. The van der Waals surface area contributed by atoms with Crippen molar-refractivity contribution in [2.75, 3.05) is 20.8 Å². The quantitative estimate of drug-likeness (QED) is 0.426. The van der Waals surface area contributed by atoms with Crippen LogP contribution in [-0.4, -0.2) is 36.6 Å². The van der Waals surface area contributed by atoms with Gasteiger partial charge in [-0.05, 0) is 59.5 Å². The van der Waals surface area contributed by atoms with Crippen LogP contribution in [0.15, 0.2) is 78.9 Å². The Bertz CT molecular complexity index is 1300.